The van der Waals surface area contributed by atoms with Gasteiger partial charge in [-0.05, 0) is 0 Å². The molecule has 1 rings (SSSR count). The Morgan fingerprint density at radius 3 is 2.25 bits per heavy atom. The number of benzene rings is 1. The van der Waals surface area contributed by atoms with Crippen molar-refractivity contribution < 1.29 is 15.0 Å². The molecule has 0 aliphatic carbocycles. The molecule has 0 unspecified atom stereocenters. The molecule has 0 saturated heterocycles. The molecule has 1 radical (unpaired) electrons. The van der Waals surface area contributed by atoms with Crippen molar-refractivity contribution in [3.8, 4) is 0 Å². The lowest BCUT2D eigenvalue weighted by molar-refractivity contribution is 0.181. The Hall–Kier alpha value is -1.55. The number of carbonyl (C=O) groups is 1. The first-order chi connectivity index (χ1) is 5.70. The van der Waals surface area contributed by atoms with Gasteiger partial charge in [-0.1, -0.05) is 30.3 Å². The van der Waals surface area contributed by atoms with Gasteiger partial charge in [-0.2, -0.15) is 0 Å². The monoisotopic (exact) mass is 166 g/mol. The van der Waals surface area contributed by atoms with E-state index in [1.807, 2.05) is 5.32 Å². The maximum Gasteiger partial charge on any atom is 0.407 e. The summed E-state index contributed by atoms with van der Waals surface area (Å²) in [6, 6.07) is 8.39. The predicted octanol–water partition coefficient (Wildman–Crippen LogP) is 1.16. The first kappa shape index (κ1) is 8.55. The molecular weight excluding hydrogens is 158 g/mol. The van der Waals surface area contributed by atoms with E-state index in [0.29, 0.717) is 5.56 Å². The summed E-state index contributed by atoms with van der Waals surface area (Å²) in [5, 5.41) is 19.2. The van der Waals surface area contributed by atoms with Crippen LogP contribution in [0.4, 0.5) is 4.79 Å². The van der Waals surface area contributed by atoms with Crippen LogP contribution in [0.3, 0.4) is 0 Å². The molecule has 0 atom stereocenters. The third-order valence-corrected chi connectivity index (χ3v) is 1.27. The van der Waals surface area contributed by atoms with Gasteiger partial charge in [0.05, 0.1) is 0 Å². The zero-order valence-corrected chi connectivity index (χ0v) is 6.19. The molecule has 0 aromatic heterocycles. The summed E-state index contributed by atoms with van der Waals surface area (Å²) >= 11 is 0. The van der Waals surface area contributed by atoms with Crippen molar-refractivity contribution >= 4 is 6.09 Å². The molecule has 1 amide bonds. The predicted molar refractivity (Wildman–Crippen MR) is 41.9 cm³/mol. The molecule has 0 spiro atoms. The molecule has 0 aliphatic rings. The first-order valence-electron chi connectivity index (χ1n) is 3.31. The van der Waals surface area contributed by atoms with Crippen LogP contribution >= 0.6 is 0 Å². The largest absolute Gasteiger partial charge is 0.465 e. The SMILES string of the molecule is O=C(O)N[C](O)c1ccccc1. The van der Waals surface area contributed by atoms with E-state index in [0.717, 1.165) is 0 Å². The van der Waals surface area contributed by atoms with Crippen LogP contribution in [0.5, 0.6) is 0 Å². The Morgan fingerprint density at radius 2 is 1.75 bits per heavy atom. The van der Waals surface area contributed by atoms with Gasteiger partial charge >= 0.3 is 6.09 Å². The lowest BCUT2D eigenvalue weighted by Gasteiger charge is -2.07. The van der Waals surface area contributed by atoms with E-state index in [4.69, 9.17) is 10.2 Å². The Bertz CT molecular complexity index is 260. The normalized spacial score (nSPS) is 9.83. The van der Waals surface area contributed by atoms with Gasteiger partial charge in [0.1, 0.15) is 0 Å². The number of nitrogens with one attached hydrogen (secondary N) is 1. The minimum absolute atomic E-state index is 0.358. The molecule has 1 aromatic rings. The number of aliphatic hydroxyl groups excluding tert-OH is 1. The van der Waals surface area contributed by atoms with E-state index in [-0.39, 0.29) is 6.23 Å². The van der Waals surface area contributed by atoms with Gasteiger partial charge in [-0.3, -0.25) is 5.32 Å². The third-order valence-electron chi connectivity index (χ3n) is 1.27. The fourth-order valence-corrected chi connectivity index (χ4v) is 0.769. The molecule has 0 saturated carbocycles. The second kappa shape index (κ2) is 3.73. The first-order valence-corrected chi connectivity index (χ1v) is 3.31. The lowest BCUT2D eigenvalue weighted by atomic mass is 10.2. The molecule has 0 bridgehead atoms. The summed E-state index contributed by atoms with van der Waals surface area (Å²) in [7, 11) is 0. The van der Waals surface area contributed by atoms with Crippen LogP contribution in [0.1, 0.15) is 5.56 Å². The van der Waals surface area contributed by atoms with Gasteiger partial charge in [0.2, 0.25) is 6.23 Å². The molecule has 3 N–H and O–H groups in total. The maximum absolute atomic E-state index is 10.1. The fourth-order valence-electron chi connectivity index (χ4n) is 0.769. The Kier molecular flexibility index (Phi) is 2.66. The van der Waals surface area contributed by atoms with Crippen molar-refractivity contribution in [1.29, 1.82) is 0 Å². The summed E-state index contributed by atoms with van der Waals surface area (Å²) in [4.78, 5) is 10.1. The quantitative estimate of drug-likeness (QED) is 0.617. The molecule has 0 fully saturated rings. The van der Waals surface area contributed by atoms with Crippen LogP contribution in [0, 0.1) is 6.23 Å². The van der Waals surface area contributed by atoms with E-state index in [9.17, 15) is 4.79 Å². The maximum atomic E-state index is 10.1. The highest BCUT2D eigenvalue weighted by atomic mass is 16.4. The molecule has 63 valence electrons. The van der Waals surface area contributed by atoms with Gasteiger partial charge < -0.3 is 10.2 Å². The average Bonchev–Trinajstić information content (AvgIpc) is 2.05. The van der Waals surface area contributed by atoms with Crippen LogP contribution < -0.4 is 5.32 Å². The topological polar surface area (TPSA) is 69.6 Å². The second-order valence-electron chi connectivity index (χ2n) is 2.14. The van der Waals surface area contributed by atoms with Crippen LogP contribution in [0.15, 0.2) is 30.3 Å². The van der Waals surface area contributed by atoms with Crippen molar-refractivity contribution in [2.24, 2.45) is 0 Å². The van der Waals surface area contributed by atoms with Crippen LogP contribution in [-0.4, -0.2) is 16.3 Å². The van der Waals surface area contributed by atoms with E-state index in [1.54, 1.807) is 30.3 Å². The van der Waals surface area contributed by atoms with Crippen molar-refractivity contribution in [2.45, 2.75) is 0 Å². The van der Waals surface area contributed by atoms with Crippen molar-refractivity contribution in [3.63, 3.8) is 0 Å². The standard InChI is InChI=1S/C8H8NO3/c10-7(9-8(11)12)6-4-2-1-3-5-6/h1-5,9-10H,(H,11,12). The number of carboxylic acid groups (broad SMARTS) is 1. The van der Waals surface area contributed by atoms with Crippen molar-refractivity contribution in [3.05, 3.63) is 42.1 Å². The second-order valence-corrected chi connectivity index (χ2v) is 2.14. The number of amides is 1. The lowest BCUT2D eigenvalue weighted by Crippen LogP contribution is -2.26. The number of hydrogen-bond donors (Lipinski definition) is 3. The van der Waals surface area contributed by atoms with E-state index >= 15 is 0 Å². The zero-order valence-electron chi connectivity index (χ0n) is 6.19. The number of hydrogen-bond acceptors (Lipinski definition) is 2. The van der Waals surface area contributed by atoms with Gasteiger partial charge in [0.25, 0.3) is 0 Å². The van der Waals surface area contributed by atoms with Crippen molar-refractivity contribution in [2.75, 3.05) is 0 Å². The molecule has 0 aliphatic heterocycles. The molecule has 0 heterocycles. The van der Waals surface area contributed by atoms with Gasteiger partial charge in [-0.25, -0.2) is 4.79 Å². The van der Waals surface area contributed by atoms with Gasteiger partial charge in [0, 0.05) is 5.56 Å². The molecule has 1 aromatic carbocycles. The summed E-state index contributed by atoms with van der Waals surface area (Å²) in [6.45, 7) is 0. The van der Waals surface area contributed by atoms with E-state index in [1.165, 1.54) is 0 Å². The van der Waals surface area contributed by atoms with Crippen LogP contribution in [-0.2, 0) is 0 Å². The molecule has 4 heteroatoms. The molecule has 12 heavy (non-hydrogen) atoms. The van der Waals surface area contributed by atoms with Crippen molar-refractivity contribution in [1.82, 2.24) is 5.32 Å². The molecular formula is C8H8NO3. The van der Waals surface area contributed by atoms with Crippen LogP contribution in [0.25, 0.3) is 0 Å². The Labute approximate surface area is 69.5 Å². The third kappa shape index (κ3) is 2.25. The number of aliphatic hydroxyl groups is 1. The smallest absolute Gasteiger partial charge is 0.407 e. The van der Waals surface area contributed by atoms with E-state index < -0.39 is 6.09 Å². The summed E-state index contributed by atoms with van der Waals surface area (Å²) in [6.07, 6.45) is -1.64. The summed E-state index contributed by atoms with van der Waals surface area (Å²) in [5.41, 5.74) is 0.444. The Balaban J connectivity index is 2.65. The summed E-state index contributed by atoms with van der Waals surface area (Å²) in [5.74, 6) is 0. The minimum Gasteiger partial charge on any atom is -0.465 e. The minimum atomic E-state index is -1.28. The summed E-state index contributed by atoms with van der Waals surface area (Å²) < 4.78 is 0. The van der Waals surface area contributed by atoms with Gasteiger partial charge in [-0.15, -0.1) is 0 Å². The molecule has 4 nitrogen and oxygen atoms in total. The van der Waals surface area contributed by atoms with Crippen LogP contribution in [0.2, 0.25) is 0 Å². The Morgan fingerprint density at radius 1 is 1.17 bits per heavy atom. The zero-order chi connectivity index (χ0) is 8.97. The number of rotatable bonds is 2. The highest BCUT2D eigenvalue weighted by Gasteiger charge is 2.10. The highest BCUT2D eigenvalue weighted by molar-refractivity contribution is 5.66. The average molecular weight is 166 g/mol. The fraction of sp³-hybridized carbons (Fsp3) is 0. The highest BCUT2D eigenvalue weighted by Crippen LogP contribution is 2.06. The van der Waals surface area contributed by atoms with Gasteiger partial charge in [0.15, 0.2) is 0 Å². The van der Waals surface area contributed by atoms with E-state index in [2.05, 4.69) is 0 Å².